The summed E-state index contributed by atoms with van der Waals surface area (Å²) in [4.78, 5) is 28.4. The molecule has 0 atom stereocenters. The Morgan fingerprint density at radius 2 is 1.94 bits per heavy atom. The molecule has 33 heavy (non-hydrogen) atoms. The van der Waals surface area contributed by atoms with Gasteiger partial charge in [0.15, 0.2) is 5.82 Å². The molecule has 1 saturated heterocycles. The van der Waals surface area contributed by atoms with Crippen molar-refractivity contribution in [2.24, 2.45) is 0 Å². The van der Waals surface area contributed by atoms with Gasteiger partial charge in [-0.15, -0.1) is 5.10 Å². The van der Waals surface area contributed by atoms with Gasteiger partial charge in [0.25, 0.3) is 11.7 Å². The molecular formula is C25H27N7O. The van der Waals surface area contributed by atoms with Crippen LogP contribution in [0, 0.1) is 0 Å². The molecule has 8 nitrogen and oxygen atoms in total. The summed E-state index contributed by atoms with van der Waals surface area (Å²) >= 11 is 0. The summed E-state index contributed by atoms with van der Waals surface area (Å²) in [6.07, 6.45) is 8.63. The highest BCUT2D eigenvalue weighted by Gasteiger charge is 2.19. The number of hydrogen-bond acceptors (Lipinski definition) is 6. The number of nitrogens with one attached hydrogen (secondary N) is 1. The van der Waals surface area contributed by atoms with Crippen LogP contribution in [0.4, 0.5) is 11.5 Å². The van der Waals surface area contributed by atoms with Crippen molar-refractivity contribution >= 4 is 23.2 Å². The Balaban J connectivity index is 1.49. The number of carbonyl (C=O) groups excluding carboxylic acids is 1. The molecule has 0 radical (unpaired) electrons. The molecule has 5 rings (SSSR count). The first-order valence-electron chi connectivity index (χ1n) is 11.5. The van der Waals surface area contributed by atoms with E-state index in [1.165, 1.54) is 6.42 Å². The lowest BCUT2D eigenvalue weighted by molar-refractivity contribution is 0.0724. The van der Waals surface area contributed by atoms with Gasteiger partial charge < -0.3 is 10.2 Å². The molecule has 4 aromatic rings. The average molecular weight is 442 g/mol. The molecule has 1 amide bonds. The Morgan fingerprint density at radius 3 is 2.73 bits per heavy atom. The lowest BCUT2D eigenvalue weighted by Gasteiger charge is -2.26. The summed E-state index contributed by atoms with van der Waals surface area (Å²) in [6, 6.07) is 13.4. The largest absolute Gasteiger partial charge is 0.340 e. The molecule has 0 aliphatic carbocycles. The number of nitrogens with zero attached hydrogens (tertiary/aromatic N) is 6. The maximum Gasteiger partial charge on any atom is 0.254 e. The number of likely N-dealkylation sites (tertiary alicyclic amines) is 1. The first kappa shape index (κ1) is 21.1. The summed E-state index contributed by atoms with van der Waals surface area (Å²) in [5, 5.41) is 8.12. The topological polar surface area (TPSA) is 88.3 Å². The quantitative estimate of drug-likeness (QED) is 0.474. The maximum atomic E-state index is 13.0. The number of hydrogen-bond donors (Lipinski definition) is 1. The van der Waals surface area contributed by atoms with Gasteiger partial charge in [-0.1, -0.05) is 19.4 Å². The maximum absolute atomic E-state index is 13.0. The molecule has 8 heteroatoms. The third-order valence-electron chi connectivity index (χ3n) is 5.82. The molecule has 1 aliphatic heterocycles. The average Bonchev–Trinajstić information content (AvgIpc) is 3.30. The van der Waals surface area contributed by atoms with E-state index in [2.05, 4.69) is 32.3 Å². The zero-order valence-electron chi connectivity index (χ0n) is 18.7. The van der Waals surface area contributed by atoms with Crippen LogP contribution in [0.25, 0.3) is 17.2 Å². The third kappa shape index (κ3) is 4.55. The third-order valence-corrected chi connectivity index (χ3v) is 5.82. The number of fused-ring (bicyclic) bond motifs is 1. The highest BCUT2D eigenvalue weighted by molar-refractivity contribution is 5.95. The van der Waals surface area contributed by atoms with Gasteiger partial charge in [0.2, 0.25) is 0 Å². The second kappa shape index (κ2) is 9.36. The summed E-state index contributed by atoms with van der Waals surface area (Å²) in [6.45, 7) is 3.79. The predicted molar refractivity (Wildman–Crippen MR) is 127 cm³/mol. The first-order valence-corrected chi connectivity index (χ1v) is 11.5. The Hall–Kier alpha value is -3.81. The SMILES string of the molecule is CCCc1cc(Nc2cccc(C(=O)N3CCCCC3)c2)n2nc(-c3cccnc3)nc2n1. The van der Waals surface area contributed by atoms with Crippen LogP contribution >= 0.6 is 0 Å². The molecule has 1 N–H and O–H groups in total. The number of anilines is 2. The zero-order chi connectivity index (χ0) is 22.6. The van der Waals surface area contributed by atoms with Crippen LogP contribution in [0.15, 0.2) is 54.9 Å². The zero-order valence-corrected chi connectivity index (χ0v) is 18.7. The van der Waals surface area contributed by atoms with Crippen molar-refractivity contribution in [2.45, 2.75) is 39.0 Å². The molecule has 0 spiro atoms. The van der Waals surface area contributed by atoms with Crippen molar-refractivity contribution in [3.63, 3.8) is 0 Å². The first-order chi connectivity index (χ1) is 16.2. The van der Waals surface area contributed by atoms with Gasteiger partial charge >= 0.3 is 0 Å². The summed E-state index contributed by atoms with van der Waals surface area (Å²) in [5.41, 5.74) is 3.29. The van der Waals surface area contributed by atoms with Crippen molar-refractivity contribution in [1.29, 1.82) is 0 Å². The summed E-state index contributed by atoms with van der Waals surface area (Å²) in [7, 11) is 0. The van der Waals surface area contributed by atoms with Gasteiger partial charge in [-0.2, -0.15) is 9.50 Å². The van der Waals surface area contributed by atoms with Crippen LogP contribution in [0.3, 0.4) is 0 Å². The van der Waals surface area contributed by atoms with Gasteiger partial charge in [-0.05, 0) is 56.0 Å². The Morgan fingerprint density at radius 1 is 1.06 bits per heavy atom. The Kier molecular flexibility index (Phi) is 5.97. The van der Waals surface area contributed by atoms with E-state index in [4.69, 9.17) is 0 Å². The molecule has 1 aromatic carbocycles. The van der Waals surface area contributed by atoms with Crippen molar-refractivity contribution < 1.29 is 4.79 Å². The van der Waals surface area contributed by atoms with E-state index in [0.29, 0.717) is 17.2 Å². The molecule has 0 saturated carbocycles. The number of piperidine rings is 1. The monoisotopic (exact) mass is 441 g/mol. The molecule has 1 aliphatic rings. The van der Waals surface area contributed by atoms with Crippen LogP contribution in [0.1, 0.15) is 48.7 Å². The minimum atomic E-state index is 0.0875. The van der Waals surface area contributed by atoms with Gasteiger partial charge in [-0.25, -0.2) is 4.98 Å². The van der Waals surface area contributed by atoms with E-state index >= 15 is 0 Å². The van der Waals surface area contributed by atoms with Crippen LogP contribution in [0.2, 0.25) is 0 Å². The normalized spacial score (nSPS) is 13.9. The summed E-state index contributed by atoms with van der Waals surface area (Å²) in [5.74, 6) is 1.95. The number of benzene rings is 1. The fourth-order valence-corrected chi connectivity index (χ4v) is 4.17. The van der Waals surface area contributed by atoms with E-state index in [0.717, 1.165) is 61.5 Å². The molecule has 0 unspecified atom stereocenters. The number of amides is 1. The van der Waals surface area contributed by atoms with Crippen molar-refractivity contribution in [3.8, 4) is 11.4 Å². The second-order valence-electron chi connectivity index (χ2n) is 8.33. The van der Waals surface area contributed by atoms with E-state index in [-0.39, 0.29) is 5.91 Å². The number of carbonyl (C=O) groups is 1. The molecule has 3 aromatic heterocycles. The molecule has 4 heterocycles. The number of rotatable bonds is 6. The summed E-state index contributed by atoms with van der Waals surface area (Å²) < 4.78 is 1.71. The number of aryl methyl sites for hydroxylation is 1. The predicted octanol–water partition coefficient (Wildman–Crippen LogP) is 4.51. The lowest BCUT2D eigenvalue weighted by Crippen LogP contribution is -2.35. The van der Waals surface area contributed by atoms with Gasteiger partial charge in [0, 0.05) is 54.1 Å². The van der Waals surface area contributed by atoms with Gasteiger partial charge in [-0.3, -0.25) is 9.78 Å². The van der Waals surface area contributed by atoms with Gasteiger partial charge in [0.05, 0.1) is 0 Å². The number of aromatic nitrogens is 5. The molecular weight excluding hydrogens is 414 g/mol. The Bertz CT molecular complexity index is 1260. The smallest absolute Gasteiger partial charge is 0.254 e. The van der Waals surface area contributed by atoms with Crippen molar-refractivity contribution in [1.82, 2.24) is 29.5 Å². The fourth-order valence-electron chi connectivity index (χ4n) is 4.17. The van der Waals surface area contributed by atoms with Gasteiger partial charge in [0.1, 0.15) is 5.82 Å². The van der Waals surface area contributed by atoms with Crippen LogP contribution in [-0.2, 0) is 6.42 Å². The van der Waals surface area contributed by atoms with Crippen molar-refractivity contribution in [2.75, 3.05) is 18.4 Å². The highest BCUT2D eigenvalue weighted by atomic mass is 16.2. The number of pyridine rings is 1. The highest BCUT2D eigenvalue weighted by Crippen LogP contribution is 2.23. The molecule has 1 fully saturated rings. The second-order valence-corrected chi connectivity index (χ2v) is 8.33. The minimum absolute atomic E-state index is 0.0875. The van der Waals surface area contributed by atoms with Crippen molar-refractivity contribution in [3.05, 3.63) is 66.1 Å². The molecule has 168 valence electrons. The Labute approximate surface area is 192 Å². The van der Waals surface area contributed by atoms with E-state index in [1.54, 1.807) is 16.9 Å². The molecule has 0 bridgehead atoms. The fraction of sp³-hybridized carbons (Fsp3) is 0.320. The minimum Gasteiger partial charge on any atom is -0.340 e. The van der Waals surface area contributed by atoms with E-state index in [9.17, 15) is 4.79 Å². The van der Waals surface area contributed by atoms with Crippen LogP contribution < -0.4 is 5.32 Å². The standard InChI is InChI=1S/C25H27N7O/c1-2-8-20-16-22(32-25(28-20)29-23(30-32)19-10-7-12-26-17-19)27-21-11-6-9-18(15-21)24(33)31-13-4-3-5-14-31/h6-7,9-12,15-17,27H,2-5,8,13-14H2,1H3. The van der Waals surface area contributed by atoms with E-state index in [1.807, 2.05) is 47.4 Å². The van der Waals surface area contributed by atoms with E-state index < -0.39 is 0 Å². The van der Waals surface area contributed by atoms with Crippen LogP contribution in [0.5, 0.6) is 0 Å². The lowest BCUT2D eigenvalue weighted by atomic mass is 10.1. The van der Waals surface area contributed by atoms with Crippen LogP contribution in [-0.4, -0.2) is 48.5 Å².